The van der Waals surface area contributed by atoms with E-state index in [2.05, 4.69) is 38.7 Å². The topological polar surface area (TPSA) is 50.7 Å². The zero-order valence-corrected chi connectivity index (χ0v) is 18.1. The van der Waals surface area contributed by atoms with E-state index >= 15 is 0 Å². The van der Waals surface area contributed by atoms with E-state index in [-0.39, 0.29) is 11.3 Å². The Balaban J connectivity index is 1.86. The van der Waals surface area contributed by atoms with Crippen LogP contribution in [0.1, 0.15) is 27.0 Å². The number of benzene rings is 2. The third kappa shape index (κ3) is 3.10. The lowest BCUT2D eigenvalue weighted by molar-refractivity contribution is 0.103. The van der Waals surface area contributed by atoms with Crippen LogP contribution in [0, 0.1) is 12.7 Å². The van der Waals surface area contributed by atoms with Crippen LogP contribution in [0.25, 0.3) is 28.2 Å². The molecular formula is C21H16FIN3OP. The number of nitrogens with zero attached hydrogens (tertiary/aromatic N) is 2. The summed E-state index contributed by atoms with van der Waals surface area (Å²) in [6.45, 7) is 5.77. The Labute approximate surface area is 176 Å². The number of nitrogens with one attached hydrogen (secondary N) is 1. The highest BCUT2D eigenvalue weighted by atomic mass is 127. The third-order valence-electron chi connectivity index (χ3n) is 4.71. The predicted molar refractivity (Wildman–Crippen MR) is 122 cm³/mol. The zero-order valence-electron chi connectivity index (χ0n) is 15.0. The van der Waals surface area contributed by atoms with Crippen LogP contribution in [0.3, 0.4) is 0 Å². The Hall–Kier alpha value is -2.31. The second kappa shape index (κ2) is 7.60. The van der Waals surface area contributed by atoms with Gasteiger partial charge in [-0.25, -0.2) is 8.84 Å². The van der Waals surface area contributed by atoms with Gasteiger partial charge in [0.2, 0.25) is 0 Å². The van der Waals surface area contributed by atoms with Crippen molar-refractivity contribution in [3.8, 4) is 11.3 Å². The van der Waals surface area contributed by atoms with E-state index in [1.807, 2.05) is 35.8 Å². The minimum atomic E-state index is -0.560. The maximum absolute atomic E-state index is 14.8. The molecule has 0 aliphatic carbocycles. The zero-order chi connectivity index (χ0) is 19.8. The maximum atomic E-state index is 14.8. The van der Waals surface area contributed by atoms with E-state index in [1.165, 1.54) is 12.1 Å². The quantitative estimate of drug-likeness (QED) is 0.202. The van der Waals surface area contributed by atoms with E-state index in [0.717, 1.165) is 22.2 Å². The number of fused-ring (bicyclic) bond motifs is 1. The highest BCUT2D eigenvalue weighted by Gasteiger charge is 2.21. The molecule has 0 amide bonds. The van der Waals surface area contributed by atoms with Gasteiger partial charge in [0.05, 0.1) is 23.8 Å². The first-order valence-electron chi connectivity index (χ1n) is 8.53. The summed E-state index contributed by atoms with van der Waals surface area (Å²) in [4.78, 5) is 16.2. The summed E-state index contributed by atoms with van der Waals surface area (Å²) < 4.78 is 16.7. The molecule has 4 aromatic rings. The molecule has 0 saturated heterocycles. The van der Waals surface area contributed by atoms with Gasteiger partial charge in [0.15, 0.2) is 5.78 Å². The fraction of sp³-hybridized carbons (Fsp3) is 0.0476. The van der Waals surface area contributed by atoms with E-state index in [4.69, 9.17) is 0 Å². The Morgan fingerprint density at radius 1 is 1.36 bits per heavy atom. The summed E-state index contributed by atoms with van der Waals surface area (Å²) >= 11 is 2.27. The molecule has 0 saturated carbocycles. The standard InChI is InChI=1S/C21H16FIN3OP/c1-3-15-16-7-8-24-18(16)10-17(22)19(15)21(27)14-6-4-5-13(9-14)20-12(2)11-25-26(20)28-23/h3-11,24,28H,1H2,2H3. The van der Waals surface area contributed by atoms with Crippen LogP contribution in [0.2, 0.25) is 0 Å². The highest BCUT2D eigenvalue weighted by Crippen LogP contribution is 2.34. The fourth-order valence-electron chi connectivity index (χ4n) is 3.44. The van der Waals surface area contributed by atoms with Crippen molar-refractivity contribution in [2.75, 3.05) is 0 Å². The second-order valence-corrected chi connectivity index (χ2v) is 8.41. The molecule has 140 valence electrons. The molecule has 7 heteroatoms. The van der Waals surface area contributed by atoms with Crippen molar-refractivity contribution in [3.63, 3.8) is 0 Å². The van der Waals surface area contributed by atoms with Gasteiger partial charge in [0, 0.05) is 28.2 Å². The molecule has 0 radical (unpaired) electrons. The molecule has 2 heterocycles. The number of carbonyl (C=O) groups excluding carboxylic acids is 1. The van der Waals surface area contributed by atoms with Gasteiger partial charge >= 0.3 is 0 Å². The van der Waals surface area contributed by atoms with E-state index in [9.17, 15) is 9.18 Å². The number of ketones is 1. The molecule has 1 atom stereocenters. The lowest BCUT2D eigenvalue weighted by Gasteiger charge is -2.11. The number of hydrogen-bond acceptors (Lipinski definition) is 2. The summed E-state index contributed by atoms with van der Waals surface area (Å²) in [6, 6.07) is 10.4. The molecule has 2 aromatic heterocycles. The van der Waals surface area contributed by atoms with Crippen LogP contribution < -0.4 is 0 Å². The molecule has 0 aliphatic rings. The van der Waals surface area contributed by atoms with Gasteiger partial charge in [0.25, 0.3) is 0 Å². The average Bonchev–Trinajstić information content (AvgIpc) is 3.32. The van der Waals surface area contributed by atoms with Gasteiger partial charge in [-0.2, -0.15) is 5.10 Å². The van der Waals surface area contributed by atoms with Crippen LogP contribution >= 0.6 is 28.4 Å². The lowest BCUT2D eigenvalue weighted by Crippen LogP contribution is -2.07. The Kier molecular flexibility index (Phi) is 5.17. The maximum Gasteiger partial charge on any atom is 0.196 e. The van der Waals surface area contributed by atoms with Crippen molar-refractivity contribution in [2.24, 2.45) is 0 Å². The normalized spacial score (nSPS) is 11.5. The molecule has 2 aromatic carbocycles. The van der Waals surface area contributed by atoms with Gasteiger partial charge in [-0.3, -0.25) is 4.79 Å². The summed E-state index contributed by atoms with van der Waals surface area (Å²) in [6.07, 6.45) is 5.51. The minimum Gasteiger partial charge on any atom is -0.361 e. The largest absolute Gasteiger partial charge is 0.361 e. The summed E-state index contributed by atoms with van der Waals surface area (Å²) in [5.74, 6) is -0.923. The van der Waals surface area contributed by atoms with E-state index in [1.54, 1.807) is 18.3 Å². The number of aryl methyl sites for hydroxylation is 1. The van der Waals surface area contributed by atoms with Gasteiger partial charge < -0.3 is 4.98 Å². The van der Waals surface area contributed by atoms with Gasteiger partial charge in [-0.15, -0.1) is 0 Å². The van der Waals surface area contributed by atoms with Crippen molar-refractivity contribution in [1.29, 1.82) is 0 Å². The number of rotatable bonds is 5. The van der Waals surface area contributed by atoms with Crippen molar-refractivity contribution in [3.05, 3.63) is 83.4 Å². The van der Waals surface area contributed by atoms with Crippen LogP contribution in [0.5, 0.6) is 0 Å². The Morgan fingerprint density at radius 2 is 2.18 bits per heavy atom. The highest BCUT2D eigenvalue weighted by molar-refractivity contribution is 14.2. The SMILES string of the molecule is C=Cc1c(C(=O)c2cccc(-c3c(C)cnn3PI)c2)c(F)cc2[nH]ccc12. The molecule has 0 bridgehead atoms. The fourth-order valence-corrected chi connectivity index (χ4v) is 5.03. The van der Waals surface area contributed by atoms with E-state index < -0.39 is 5.82 Å². The van der Waals surface area contributed by atoms with Crippen molar-refractivity contribution >= 4 is 51.2 Å². The molecule has 0 spiro atoms. The first kappa shape index (κ1) is 19.0. The number of hydrogen-bond donors (Lipinski definition) is 1. The molecule has 0 aliphatic heterocycles. The summed E-state index contributed by atoms with van der Waals surface area (Å²) in [5, 5.41) is 5.15. The monoisotopic (exact) mass is 503 g/mol. The summed E-state index contributed by atoms with van der Waals surface area (Å²) in [7, 11) is 0. The number of aromatic amines is 1. The summed E-state index contributed by atoms with van der Waals surface area (Å²) in [5.41, 5.74) is 4.49. The second-order valence-electron chi connectivity index (χ2n) is 6.37. The smallest absolute Gasteiger partial charge is 0.196 e. The first-order valence-corrected chi connectivity index (χ1v) is 12.6. The Morgan fingerprint density at radius 3 is 2.93 bits per heavy atom. The molecule has 28 heavy (non-hydrogen) atoms. The number of H-pyrrole nitrogens is 1. The van der Waals surface area contributed by atoms with Crippen molar-refractivity contribution in [2.45, 2.75) is 6.92 Å². The van der Waals surface area contributed by atoms with Crippen LogP contribution in [-0.4, -0.2) is 20.3 Å². The van der Waals surface area contributed by atoms with E-state index in [0.29, 0.717) is 23.0 Å². The number of aromatic nitrogens is 3. The Bertz CT molecular complexity index is 1230. The molecular weight excluding hydrogens is 487 g/mol. The van der Waals surface area contributed by atoms with Crippen molar-refractivity contribution in [1.82, 2.24) is 14.5 Å². The number of halogens is 2. The molecule has 1 unspecified atom stereocenters. The minimum absolute atomic E-state index is 0.0419. The van der Waals surface area contributed by atoms with Crippen molar-refractivity contribution < 1.29 is 9.18 Å². The lowest BCUT2D eigenvalue weighted by atomic mass is 9.94. The molecule has 4 nitrogen and oxygen atoms in total. The first-order chi connectivity index (χ1) is 13.5. The average molecular weight is 503 g/mol. The number of carbonyl (C=O) groups is 1. The van der Waals surface area contributed by atoms with Crippen LogP contribution in [0.15, 0.2) is 55.4 Å². The van der Waals surface area contributed by atoms with Crippen LogP contribution in [0.4, 0.5) is 4.39 Å². The van der Waals surface area contributed by atoms with Crippen LogP contribution in [-0.2, 0) is 0 Å². The van der Waals surface area contributed by atoms with Gasteiger partial charge in [-0.1, -0.05) is 30.9 Å². The molecule has 0 fully saturated rings. The molecule has 1 N–H and O–H groups in total. The van der Waals surface area contributed by atoms with Gasteiger partial charge in [0.1, 0.15) is 5.82 Å². The predicted octanol–water partition coefficient (Wildman–Crippen LogP) is 6.14. The molecule has 4 rings (SSSR count). The third-order valence-corrected chi connectivity index (χ3v) is 6.58. The van der Waals surface area contributed by atoms with Gasteiger partial charge in [-0.05, 0) is 58.3 Å².